The monoisotopic (exact) mass is 656 g/mol. The predicted molar refractivity (Wildman–Crippen MR) is 131 cm³/mol. The molecule has 0 aliphatic carbocycles. The van der Waals surface area contributed by atoms with E-state index < -0.39 is 99.6 Å². The van der Waals surface area contributed by atoms with E-state index in [-0.39, 0.29) is 0 Å². The Hall–Kier alpha value is -1.33. The van der Waals surface area contributed by atoms with Gasteiger partial charge in [0.15, 0.2) is 24.2 Å². The quantitative estimate of drug-likeness (QED) is 0.0793. The van der Waals surface area contributed by atoms with E-state index in [9.17, 15) is 54.6 Å². The van der Waals surface area contributed by atoms with E-state index in [2.05, 4.69) is 31.7 Å². The molecule has 0 bridgehead atoms. The highest BCUT2D eigenvalue weighted by molar-refractivity contribution is 8.08. The van der Waals surface area contributed by atoms with Gasteiger partial charge in [-0.05, 0) is 11.8 Å². The summed E-state index contributed by atoms with van der Waals surface area (Å²) >= 11 is 4.54. The first-order valence-electron chi connectivity index (χ1n) is 11.2. The minimum Gasteiger partial charge on any atom is -0.394 e. The largest absolute Gasteiger partial charge is 0.481 e. The zero-order valence-electron chi connectivity index (χ0n) is 20.4. The molecule has 0 amide bonds. The van der Waals surface area contributed by atoms with Gasteiger partial charge in [0.2, 0.25) is 0 Å². The maximum atomic E-state index is 15.7. The number of phosphoric acid groups is 1. The van der Waals surface area contributed by atoms with Crippen LogP contribution in [0, 0.1) is 0 Å². The van der Waals surface area contributed by atoms with E-state index in [1.165, 1.54) is 0 Å². The molecule has 2 fully saturated rings. The summed E-state index contributed by atoms with van der Waals surface area (Å²) in [7, 11) is -5.65. The van der Waals surface area contributed by atoms with Crippen LogP contribution in [0.1, 0.15) is 6.23 Å². The van der Waals surface area contributed by atoms with Gasteiger partial charge < -0.3 is 59.5 Å². The second-order valence-corrected chi connectivity index (χ2v) is 13.2. The van der Waals surface area contributed by atoms with Gasteiger partial charge in [-0.25, -0.2) is 18.1 Å². The predicted octanol–water partition coefficient (Wildman–Crippen LogP) is -4.46. The van der Waals surface area contributed by atoms with E-state index in [0.29, 0.717) is 10.6 Å². The number of alkyl halides is 1. The molecule has 2 aliphatic rings. The van der Waals surface area contributed by atoms with Gasteiger partial charge in [0.05, 0.1) is 6.61 Å². The normalized spacial score (nSPS) is 39.5. The summed E-state index contributed by atoms with van der Waals surface area (Å²) < 4.78 is 52.0. The fourth-order valence-corrected chi connectivity index (χ4v) is 6.98. The highest BCUT2D eigenvalue weighted by atomic mass is 32.5. The van der Waals surface area contributed by atoms with Crippen molar-refractivity contribution in [3.63, 3.8) is 0 Å². The Morgan fingerprint density at radius 3 is 2.44 bits per heavy atom. The molecule has 12 atom stereocenters. The van der Waals surface area contributed by atoms with E-state index in [0.717, 1.165) is 12.3 Å². The molecule has 0 aromatic carbocycles. The zero-order valence-corrected chi connectivity index (χ0v) is 23.0. The first-order chi connectivity index (χ1) is 18.8. The average Bonchev–Trinajstić information content (AvgIpc) is 3.08. The summed E-state index contributed by atoms with van der Waals surface area (Å²) in [5.41, 5.74) is -4.79. The SMILES string of the molecule is C=C[C@]1(O)[C@H](n2ccc(=O)[nH]c2=O)O[C@](F)(COP(O)(=S)OP(=O)(O)OC2OC([C@@H](O)CO)C(O)C(O)C2O)[C@H]1O. The maximum absolute atomic E-state index is 15.7. The van der Waals surface area contributed by atoms with Crippen molar-refractivity contribution in [3.05, 3.63) is 45.8 Å². The Morgan fingerprint density at radius 2 is 1.88 bits per heavy atom. The number of rotatable bonds is 11. The smallest absolute Gasteiger partial charge is 0.394 e. The number of nitrogens with zero attached hydrogens (tertiary/aromatic N) is 1. The molecule has 10 N–H and O–H groups in total. The van der Waals surface area contributed by atoms with Crippen LogP contribution in [-0.4, -0.2) is 123 Å². The number of aliphatic hydroxyl groups is 7. The number of aromatic amines is 1. The van der Waals surface area contributed by atoms with Crippen LogP contribution >= 0.6 is 14.5 Å². The van der Waals surface area contributed by atoms with Crippen molar-refractivity contribution < 1.29 is 77.3 Å². The van der Waals surface area contributed by atoms with Gasteiger partial charge in [0.1, 0.15) is 37.1 Å². The number of aliphatic hydroxyl groups excluding tert-OH is 6. The molecule has 3 heterocycles. The van der Waals surface area contributed by atoms with Crippen LogP contribution in [0.4, 0.5) is 4.39 Å². The van der Waals surface area contributed by atoms with Gasteiger partial charge in [0.25, 0.3) is 11.4 Å². The number of ether oxygens (including phenoxy) is 2. The fourth-order valence-electron chi connectivity index (χ4n) is 3.90. The minimum absolute atomic E-state index is 0.497. The van der Waals surface area contributed by atoms with Crippen LogP contribution in [0.15, 0.2) is 34.5 Å². The second kappa shape index (κ2) is 12.3. The lowest BCUT2D eigenvalue weighted by molar-refractivity contribution is -0.292. The molecule has 1 aromatic rings. The highest BCUT2D eigenvalue weighted by Gasteiger charge is 2.64. The van der Waals surface area contributed by atoms with Gasteiger partial charge in [-0.15, -0.1) is 0 Å². The summed E-state index contributed by atoms with van der Waals surface area (Å²) in [4.78, 5) is 45.6. The number of nitrogens with one attached hydrogen (secondary N) is 1. The first-order valence-corrected chi connectivity index (χ1v) is 15.3. The van der Waals surface area contributed by atoms with Crippen molar-refractivity contribution in [3.8, 4) is 0 Å². The van der Waals surface area contributed by atoms with E-state index in [1.54, 1.807) is 0 Å². The second-order valence-electron chi connectivity index (χ2n) is 8.86. The number of H-pyrrole nitrogens is 1. The molecule has 19 nitrogen and oxygen atoms in total. The van der Waals surface area contributed by atoms with Crippen LogP contribution in [0.2, 0.25) is 0 Å². The van der Waals surface area contributed by atoms with Crippen molar-refractivity contribution in [2.24, 2.45) is 0 Å². The molecular weight excluding hydrogens is 629 g/mol. The lowest BCUT2D eigenvalue weighted by Crippen LogP contribution is -2.61. The highest BCUT2D eigenvalue weighted by Crippen LogP contribution is 2.62. The van der Waals surface area contributed by atoms with Crippen molar-refractivity contribution in [1.29, 1.82) is 0 Å². The molecule has 0 radical (unpaired) electrons. The Bertz CT molecular complexity index is 1330. The Balaban J connectivity index is 1.74. The van der Waals surface area contributed by atoms with Crippen molar-refractivity contribution in [2.45, 2.75) is 60.6 Å². The average molecular weight is 656 g/mol. The number of aromatic nitrogens is 2. The first kappa shape index (κ1) is 34.2. The third-order valence-electron chi connectivity index (χ3n) is 6.02. The van der Waals surface area contributed by atoms with Gasteiger partial charge in [-0.3, -0.25) is 18.9 Å². The summed E-state index contributed by atoms with van der Waals surface area (Å²) in [6.07, 6.45) is -15.6. The molecule has 3 rings (SSSR count). The molecule has 234 valence electrons. The Labute approximate surface area is 233 Å². The molecule has 1 aromatic heterocycles. The zero-order chi connectivity index (χ0) is 31.1. The van der Waals surface area contributed by atoms with Gasteiger partial charge in [0, 0.05) is 12.3 Å². The summed E-state index contributed by atoms with van der Waals surface area (Å²) in [5, 5.41) is 69.8. The van der Waals surface area contributed by atoms with Crippen molar-refractivity contribution in [2.75, 3.05) is 13.2 Å². The molecule has 23 heteroatoms. The van der Waals surface area contributed by atoms with Crippen LogP contribution in [0.3, 0.4) is 0 Å². The van der Waals surface area contributed by atoms with Crippen LogP contribution in [0.5, 0.6) is 0 Å². The van der Waals surface area contributed by atoms with Gasteiger partial charge >= 0.3 is 20.2 Å². The van der Waals surface area contributed by atoms with E-state index in [4.69, 9.17) is 14.6 Å². The Kier molecular flexibility index (Phi) is 10.3. The van der Waals surface area contributed by atoms with Crippen molar-refractivity contribution in [1.82, 2.24) is 9.55 Å². The Morgan fingerprint density at radius 1 is 1.24 bits per heavy atom. The number of halogens is 1. The lowest BCUT2D eigenvalue weighted by atomic mass is 9.93. The molecule has 0 spiro atoms. The number of hydrogen-bond acceptors (Lipinski definition) is 16. The maximum Gasteiger partial charge on any atom is 0.481 e. The van der Waals surface area contributed by atoms with Gasteiger partial charge in [-0.2, -0.15) is 0 Å². The molecule has 41 heavy (non-hydrogen) atoms. The number of phosphoric ester groups is 1. The number of hydrogen-bond donors (Lipinski definition) is 10. The molecule has 2 saturated heterocycles. The topological polar surface area (TPSA) is 300 Å². The third-order valence-corrected chi connectivity index (χ3v) is 9.52. The molecular formula is C18H27FN2O17P2S. The van der Waals surface area contributed by atoms with E-state index in [1.807, 2.05) is 4.98 Å². The molecule has 2 aliphatic heterocycles. The fraction of sp³-hybridized carbons (Fsp3) is 0.667. The standard InChI is InChI=1S/C18H27FN2O17P2S/c1-2-17(30)14(28)18(19,36-15(17)21-4-3-8(24)20-16(21)29)6-34-40(33,41)38-39(31,32)37-13-11(27)9(25)10(26)12(35-13)7(23)5-22/h2-4,7,9-15,22-23,25-28,30H,1,5-6H2,(H,31,32)(H,33,41)(H,20,24,29)/t7-,9?,10?,11?,12?,13?,14-,15+,17+,18+,40?/m0/s1. The molecule has 7 unspecified atom stereocenters. The molecule has 0 saturated carbocycles. The lowest BCUT2D eigenvalue weighted by Gasteiger charge is -2.41. The summed E-state index contributed by atoms with van der Waals surface area (Å²) in [6, 6.07) is 0.814. The third kappa shape index (κ3) is 7.08. The summed E-state index contributed by atoms with van der Waals surface area (Å²) in [5.74, 6) is -3.50. The van der Waals surface area contributed by atoms with Crippen LogP contribution in [0.25, 0.3) is 0 Å². The van der Waals surface area contributed by atoms with Crippen LogP contribution in [-0.2, 0) is 39.2 Å². The summed E-state index contributed by atoms with van der Waals surface area (Å²) in [6.45, 7) is -4.41. The van der Waals surface area contributed by atoms with Crippen molar-refractivity contribution >= 4 is 26.3 Å². The van der Waals surface area contributed by atoms with Crippen LogP contribution < -0.4 is 11.2 Å². The minimum atomic E-state index is -5.65. The van der Waals surface area contributed by atoms with E-state index >= 15 is 4.39 Å². The van der Waals surface area contributed by atoms with Gasteiger partial charge in [-0.1, -0.05) is 12.7 Å².